The summed E-state index contributed by atoms with van der Waals surface area (Å²) >= 11 is 0. The maximum Gasteiger partial charge on any atom is 0.211 e. The molecule has 2 aliphatic rings. The fourth-order valence-corrected chi connectivity index (χ4v) is 6.89. The van der Waals surface area contributed by atoms with Crippen LogP contribution in [-0.4, -0.2) is 81.7 Å². The molecule has 0 radical (unpaired) electrons. The van der Waals surface area contributed by atoms with E-state index in [1.165, 1.54) is 12.6 Å². The van der Waals surface area contributed by atoms with E-state index in [1.807, 2.05) is 22.8 Å². The second-order valence-corrected chi connectivity index (χ2v) is 12.9. The predicted octanol–water partition coefficient (Wildman–Crippen LogP) is 3.05. The summed E-state index contributed by atoms with van der Waals surface area (Å²) in [5.74, 6) is 0.403. The van der Waals surface area contributed by atoms with E-state index in [4.69, 9.17) is 10.5 Å². The van der Waals surface area contributed by atoms with Crippen LogP contribution in [0.1, 0.15) is 32.7 Å². The number of benzene rings is 1. The smallest absolute Gasteiger partial charge is 0.211 e. The minimum atomic E-state index is -3.25. The number of aromatic nitrogens is 5. The molecule has 2 N–H and O–H groups in total. The summed E-state index contributed by atoms with van der Waals surface area (Å²) in [4.78, 5) is 6.57. The van der Waals surface area contributed by atoms with Crippen molar-refractivity contribution in [1.29, 1.82) is 0 Å². The van der Waals surface area contributed by atoms with Gasteiger partial charge in [-0.15, -0.1) is 0 Å². The van der Waals surface area contributed by atoms with Crippen molar-refractivity contribution >= 4 is 27.0 Å². The number of nitrogen functional groups attached to an aromatic ring is 1. The zero-order valence-corrected chi connectivity index (χ0v) is 23.3. The maximum atomic E-state index is 12.2. The molecule has 0 saturated carbocycles. The van der Waals surface area contributed by atoms with Crippen molar-refractivity contribution < 1.29 is 13.2 Å². The molecule has 206 valence electrons. The Hall–Kier alpha value is -3.48. The standard InChI is InChI=1S/C27H34N8O3S/c1-27(2)17-32(39(3,36)37)11-12-33(27)21-6-4-5-19(15-21)24-16-22(25-26(28)29-18-31-35(24)25)23-7-10-30-34(23)20-8-13-38-14-9-20/h4-7,10,15-16,18,20H,8-9,11-14,17H2,1-3H3,(H2,28,29,31). The Balaban J connectivity index is 1.42. The van der Waals surface area contributed by atoms with Gasteiger partial charge < -0.3 is 15.4 Å². The second kappa shape index (κ2) is 9.61. The van der Waals surface area contributed by atoms with Crippen LogP contribution in [0.4, 0.5) is 11.5 Å². The summed E-state index contributed by atoms with van der Waals surface area (Å²) in [6.07, 6.45) is 6.39. The number of rotatable bonds is 5. The van der Waals surface area contributed by atoms with Gasteiger partial charge in [-0.2, -0.15) is 14.5 Å². The van der Waals surface area contributed by atoms with Crippen molar-refractivity contribution in [2.24, 2.45) is 0 Å². The van der Waals surface area contributed by atoms with E-state index in [-0.39, 0.29) is 11.6 Å². The summed E-state index contributed by atoms with van der Waals surface area (Å²) in [6.45, 7) is 7.07. The minimum Gasteiger partial charge on any atom is -0.382 e. The SMILES string of the molecule is CC1(C)CN(S(C)(=O)=O)CCN1c1cccc(-c2cc(-c3ccnn3C3CCOCC3)c3c(N)ncnn23)c1. The van der Waals surface area contributed by atoms with Gasteiger partial charge in [0.2, 0.25) is 10.0 Å². The number of nitrogens with two attached hydrogens (primary N) is 1. The first-order chi connectivity index (χ1) is 18.6. The van der Waals surface area contributed by atoms with Gasteiger partial charge in [0.05, 0.1) is 23.7 Å². The number of piperazine rings is 1. The van der Waals surface area contributed by atoms with Crippen LogP contribution >= 0.6 is 0 Å². The first-order valence-corrected chi connectivity index (χ1v) is 15.1. The monoisotopic (exact) mass is 550 g/mol. The van der Waals surface area contributed by atoms with Crippen molar-refractivity contribution in [3.63, 3.8) is 0 Å². The van der Waals surface area contributed by atoms with Gasteiger partial charge in [-0.3, -0.25) is 4.68 Å². The molecule has 0 bridgehead atoms. The maximum absolute atomic E-state index is 12.2. The molecule has 39 heavy (non-hydrogen) atoms. The molecule has 2 aliphatic heterocycles. The molecule has 2 fully saturated rings. The molecule has 11 nitrogen and oxygen atoms in total. The Labute approximate surface area is 228 Å². The van der Waals surface area contributed by atoms with Crippen LogP contribution in [0.5, 0.6) is 0 Å². The number of ether oxygens (including phenoxy) is 1. The lowest BCUT2D eigenvalue weighted by atomic mass is 9.98. The largest absolute Gasteiger partial charge is 0.382 e. The first kappa shape index (κ1) is 25.8. The molecule has 2 saturated heterocycles. The van der Waals surface area contributed by atoms with Crippen LogP contribution in [-0.2, 0) is 14.8 Å². The molecule has 0 spiro atoms. The predicted molar refractivity (Wildman–Crippen MR) is 151 cm³/mol. The van der Waals surface area contributed by atoms with Crippen LogP contribution in [0.2, 0.25) is 0 Å². The third kappa shape index (κ3) is 4.66. The third-order valence-electron chi connectivity index (χ3n) is 7.86. The molecule has 0 unspecified atom stereocenters. The fourth-order valence-electron chi connectivity index (χ4n) is 5.92. The molecule has 0 aliphatic carbocycles. The molecular weight excluding hydrogens is 516 g/mol. The van der Waals surface area contributed by atoms with Crippen molar-refractivity contribution in [3.05, 3.63) is 48.9 Å². The summed E-state index contributed by atoms with van der Waals surface area (Å²) in [5, 5.41) is 9.25. The first-order valence-electron chi connectivity index (χ1n) is 13.2. The van der Waals surface area contributed by atoms with Crippen LogP contribution in [0.3, 0.4) is 0 Å². The van der Waals surface area contributed by atoms with Gasteiger partial charge >= 0.3 is 0 Å². The number of hydrogen-bond donors (Lipinski definition) is 1. The molecule has 12 heteroatoms. The molecule has 0 atom stereocenters. The van der Waals surface area contributed by atoms with Gasteiger partial charge in [0.15, 0.2) is 5.82 Å². The van der Waals surface area contributed by atoms with Gasteiger partial charge in [-0.05, 0) is 51.0 Å². The normalized spacial score (nSPS) is 19.1. The van der Waals surface area contributed by atoms with Gasteiger partial charge in [0, 0.05) is 61.4 Å². The summed E-state index contributed by atoms with van der Waals surface area (Å²) in [5.41, 5.74) is 11.6. The Morgan fingerprint density at radius 2 is 1.85 bits per heavy atom. The Bertz CT molecular complexity index is 1620. The highest BCUT2D eigenvalue weighted by Gasteiger charge is 2.37. The van der Waals surface area contributed by atoms with E-state index in [0.29, 0.717) is 25.5 Å². The highest BCUT2D eigenvalue weighted by Crippen LogP contribution is 2.38. The molecule has 4 aromatic rings. The number of hydrogen-bond acceptors (Lipinski definition) is 8. The van der Waals surface area contributed by atoms with Crippen LogP contribution < -0.4 is 10.6 Å². The number of sulfonamides is 1. The Kier molecular flexibility index (Phi) is 6.35. The lowest BCUT2D eigenvalue weighted by molar-refractivity contribution is 0.0667. The van der Waals surface area contributed by atoms with Gasteiger partial charge in [-0.1, -0.05) is 12.1 Å². The number of anilines is 2. The zero-order chi connectivity index (χ0) is 27.4. The van der Waals surface area contributed by atoms with Gasteiger partial charge in [-0.25, -0.2) is 17.9 Å². The summed E-state index contributed by atoms with van der Waals surface area (Å²) in [6, 6.07) is 12.7. The second-order valence-electron chi connectivity index (χ2n) is 11.0. The third-order valence-corrected chi connectivity index (χ3v) is 9.10. The highest BCUT2D eigenvalue weighted by atomic mass is 32.2. The van der Waals surface area contributed by atoms with Crippen LogP contribution in [0.15, 0.2) is 48.9 Å². The number of nitrogens with zero attached hydrogens (tertiary/aromatic N) is 7. The van der Waals surface area contributed by atoms with Crippen molar-refractivity contribution in [3.8, 4) is 22.5 Å². The van der Waals surface area contributed by atoms with E-state index in [9.17, 15) is 8.42 Å². The number of fused-ring (bicyclic) bond motifs is 1. The van der Waals surface area contributed by atoms with E-state index in [0.717, 1.165) is 59.8 Å². The van der Waals surface area contributed by atoms with E-state index < -0.39 is 10.0 Å². The average Bonchev–Trinajstić information content (AvgIpc) is 3.54. The molecule has 6 rings (SSSR count). The average molecular weight is 551 g/mol. The van der Waals surface area contributed by atoms with E-state index >= 15 is 0 Å². The minimum absolute atomic E-state index is 0.254. The van der Waals surface area contributed by atoms with Crippen molar-refractivity contribution in [2.45, 2.75) is 38.3 Å². The topological polar surface area (TPSA) is 124 Å². The van der Waals surface area contributed by atoms with Crippen molar-refractivity contribution in [1.82, 2.24) is 28.7 Å². The van der Waals surface area contributed by atoms with Gasteiger partial charge in [0.1, 0.15) is 11.8 Å². The molecule has 1 aromatic carbocycles. The fraction of sp³-hybridized carbons (Fsp3) is 0.444. The molecule has 0 amide bonds. The van der Waals surface area contributed by atoms with Crippen LogP contribution in [0, 0.1) is 0 Å². The molecule has 3 aromatic heterocycles. The highest BCUT2D eigenvalue weighted by molar-refractivity contribution is 7.88. The van der Waals surface area contributed by atoms with Gasteiger partial charge in [0.25, 0.3) is 0 Å². The Morgan fingerprint density at radius 3 is 2.59 bits per heavy atom. The summed E-state index contributed by atoms with van der Waals surface area (Å²) in [7, 11) is -3.25. The van der Waals surface area contributed by atoms with Crippen molar-refractivity contribution in [2.75, 3.05) is 49.7 Å². The Morgan fingerprint density at radius 1 is 1.05 bits per heavy atom. The quantitative estimate of drug-likeness (QED) is 0.402. The molecular formula is C27H34N8O3S. The lowest BCUT2D eigenvalue weighted by Crippen LogP contribution is -2.60. The molecule has 5 heterocycles. The summed E-state index contributed by atoms with van der Waals surface area (Å²) < 4.78 is 35.5. The van der Waals surface area contributed by atoms with E-state index in [2.05, 4.69) is 62.9 Å². The lowest BCUT2D eigenvalue weighted by Gasteiger charge is -2.47. The van der Waals surface area contributed by atoms with E-state index in [1.54, 1.807) is 4.31 Å². The zero-order valence-electron chi connectivity index (χ0n) is 22.5. The van der Waals surface area contributed by atoms with Crippen LogP contribution in [0.25, 0.3) is 28.0 Å².